The number of aryl methyl sites for hydroxylation is 2. The van der Waals surface area contributed by atoms with Crippen LogP contribution in [-0.2, 0) is 17.7 Å². The van der Waals surface area contributed by atoms with E-state index in [2.05, 4.69) is 10.2 Å². The predicted molar refractivity (Wildman–Crippen MR) is 70.8 cm³/mol. The molecule has 1 aromatic carbocycles. The third-order valence-electron chi connectivity index (χ3n) is 2.94. The Morgan fingerprint density at radius 3 is 2.52 bits per heavy atom. The normalized spacial score (nSPS) is 10.7. The Hall–Kier alpha value is -2.31. The quantitative estimate of drug-likeness (QED) is 0.794. The van der Waals surface area contributed by atoms with E-state index in [1.807, 2.05) is 0 Å². The SMILES string of the molecule is CCOC(=O)c1nnc(C)n1CCc1cc(F)cc(F)c1. The number of halogens is 2. The highest BCUT2D eigenvalue weighted by Gasteiger charge is 2.17. The summed E-state index contributed by atoms with van der Waals surface area (Å²) >= 11 is 0. The van der Waals surface area contributed by atoms with Crippen LogP contribution in [0.25, 0.3) is 0 Å². The van der Waals surface area contributed by atoms with Crippen LogP contribution in [0.4, 0.5) is 8.78 Å². The number of rotatable bonds is 5. The molecule has 0 aliphatic heterocycles. The van der Waals surface area contributed by atoms with Gasteiger partial charge in [-0.25, -0.2) is 13.6 Å². The van der Waals surface area contributed by atoms with Crippen LogP contribution in [-0.4, -0.2) is 27.3 Å². The zero-order valence-corrected chi connectivity index (χ0v) is 11.8. The van der Waals surface area contributed by atoms with Gasteiger partial charge in [0.05, 0.1) is 6.61 Å². The molecule has 0 radical (unpaired) electrons. The first-order valence-electron chi connectivity index (χ1n) is 6.53. The molecule has 0 unspecified atom stereocenters. The van der Waals surface area contributed by atoms with Gasteiger partial charge >= 0.3 is 5.97 Å². The minimum absolute atomic E-state index is 0.0891. The minimum atomic E-state index is -0.629. The molecule has 112 valence electrons. The zero-order valence-electron chi connectivity index (χ0n) is 11.8. The van der Waals surface area contributed by atoms with Gasteiger partial charge < -0.3 is 9.30 Å². The Morgan fingerprint density at radius 1 is 1.24 bits per heavy atom. The van der Waals surface area contributed by atoms with Crippen LogP contribution in [0, 0.1) is 18.6 Å². The van der Waals surface area contributed by atoms with Crippen molar-refractivity contribution in [3.8, 4) is 0 Å². The van der Waals surface area contributed by atoms with Crippen molar-refractivity contribution >= 4 is 5.97 Å². The first kappa shape index (κ1) is 15.1. The molecule has 2 rings (SSSR count). The number of nitrogens with zero attached hydrogens (tertiary/aromatic N) is 3. The van der Waals surface area contributed by atoms with Gasteiger partial charge in [-0.2, -0.15) is 0 Å². The molecule has 1 aromatic heterocycles. The summed E-state index contributed by atoms with van der Waals surface area (Å²) in [5.41, 5.74) is 0.496. The maximum Gasteiger partial charge on any atom is 0.376 e. The lowest BCUT2D eigenvalue weighted by molar-refractivity contribution is 0.0505. The van der Waals surface area contributed by atoms with E-state index in [9.17, 15) is 13.6 Å². The fraction of sp³-hybridized carbons (Fsp3) is 0.357. The zero-order chi connectivity index (χ0) is 15.4. The molecule has 0 fully saturated rings. The molecule has 0 saturated heterocycles. The Labute approximate surface area is 120 Å². The summed E-state index contributed by atoms with van der Waals surface area (Å²) in [5.74, 6) is -1.20. The van der Waals surface area contributed by atoms with E-state index in [-0.39, 0.29) is 12.4 Å². The molecule has 5 nitrogen and oxygen atoms in total. The van der Waals surface area contributed by atoms with Crippen molar-refractivity contribution in [2.75, 3.05) is 6.61 Å². The number of ether oxygens (including phenoxy) is 1. The average molecular weight is 295 g/mol. The lowest BCUT2D eigenvalue weighted by atomic mass is 10.1. The van der Waals surface area contributed by atoms with Gasteiger partial charge in [-0.1, -0.05) is 0 Å². The molecule has 1 heterocycles. The van der Waals surface area contributed by atoms with Crippen LogP contribution in [0.15, 0.2) is 18.2 Å². The van der Waals surface area contributed by atoms with Gasteiger partial charge in [-0.3, -0.25) is 0 Å². The van der Waals surface area contributed by atoms with Crippen LogP contribution < -0.4 is 0 Å². The molecule has 0 N–H and O–H groups in total. The number of carbonyl (C=O) groups is 1. The molecule has 0 saturated carbocycles. The Morgan fingerprint density at radius 2 is 1.90 bits per heavy atom. The largest absolute Gasteiger partial charge is 0.460 e. The predicted octanol–water partition coefficient (Wildman–Crippen LogP) is 2.28. The highest BCUT2D eigenvalue weighted by Crippen LogP contribution is 2.11. The summed E-state index contributed by atoms with van der Waals surface area (Å²) in [6.07, 6.45) is 0.347. The molecule has 21 heavy (non-hydrogen) atoms. The first-order valence-corrected chi connectivity index (χ1v) is 6.53. The van der Waals surface area contributed by atoms with Crippen molar-refractivity contribution in [2.24, 2.45) is 0 Å². The highest BCUT2D eigenvalue weighted by atomic mass is 19.1. The second-order valence-electron chi connectivity index (χ2n) is 4.47. The van der Waals surface area contributed by atoms with Gasteiger partial charge in [-0.05, 0) is 38.0 Å². The number of benzene rings is 1. The summed E-state index contributed by atoms with van der Waals surface area (Å²) in [6.45, 7) is 3.96. The molecule has 0 amide bonds. The van der Waals surface area contributed by atoms with E-state index >= 15 is 0 Å². The number of esters is 1. The van der Waals surface area contributed by atoms with E-state index in [1.54, 1.807) is 18.4 Å². The van der Waals surface area contributed by atoms with Crippen molar-refractivity contribution in [3.05, 3.63) is 47.0 Å². The van der Waals surface area contributed by atoms with Crippen molar-refractivity contribution in [2.45, 2.75) is 26.8 Å². The first-order chi connectivity index (χ1) is 10.0. The molecular weight excluding hydrogens is 280 g/mol. The van der Waals surface area contributed by atoms with Crippen LogP contribution in [0.2, 0.25) is 0 Å². The maximum absolute atomic E-state index is 13.1. The lowest BCUT2D eigenvalue weighted by Crippen LogP contribution is -2.15. The second-order valence-corrected chi connectivity index (χ2v) is 4.47. The van der Waals surface area contributed by atoms with E-state index in [0.717, 1.165) is 6.07 Å². The average Bonchev–Trinajstić information content (AvgIpc) is 2.77. The fourth-order valence-corrected chi connectivity index (χ4v) is 1.99. The van der Waals surface area contributed by atoms with Gasteiger partial charge in [0.25, 0.3) is 0 Å². The molecule has 0 spiro atoms. The standard InChI is InChI=1S/C14H15F2N3O2/c1-3-21-14(20)13-18-17-9(2)19(13)5-4-10-6-11(15)8-12(16)7-10/h6-8H,3-5H2,1-2H3. The van der Waals surface area contributed by atoms with Crippen LogP contribution >= 0.6 is 0 Å². The van der Waals surface area contributed by atoms with Gasteiger partial charge in [-0.15, -0.1) is 10.2 Å². The minimum Gasteiger partial charge on any atom is -0.460 e. The van der Waals surface area contributed by atoms with Crippen molar-refractivity contribution < 1.29 is 18.3 Å². The molecule has 0 atom stereocenters. The Balaban J connectivity index is 2.16. The van der Waals surface area contributed by atoms with Crippen LogP contribution in [0.1, 0.15) is 28.9 Å². The van der Waals surface area contributed by atoms with Crippen LogP contribution in [0.3, 0.4) is 0 Å². The monoisotopic (exact) mass is 295 g/mol. The topological polar surface area (TPSA) is 57.0 Å². The molecule has 0 aliphatic carbocycles. The summed E-state index contributed by atoms with van der Waals surface area (Å²) in [4.78, 5) is 11.7. The molecule has 0 aliphatic rings. The molecule has 7 heteroatoms. The summed E-state index contributed by atoms with van der Waals surface area (Å²) in [7, 11) is 0. The highest BCUT2D eigenvalue weighted by molar-refractivity contribution is 5.85. The van der Waals surface area contributed by atoms with E-state index in [4.69, 9.17) is 4.74 Å². The summed E-state index contributed by atoms with van der Waals surface area (Å²) in [5, 5.41) is 7.60. The third kappa shape index (κ3) is 3.62. The van der Waals surface area contributed by atoms with E-state index in [1.165, 1.54) is 12.1 Å². The van der Waals surface area contributed by atoms with E-state index in [0.29, 0.717) is 24.4 Å². The van der Waals surface area contributed by atoms with Gasteiger partial charge in [0.2, 0.25) is 5.82 Å². The maximum atomic E-state index is 13.1. The fourth-order valence-electron chi connectivity index (χ4n) is 1.99. The van der Waals surface area contributed by atoms with Crippen molar-refractivity contribution in [1.29, 1.82) is 0 Å². The molecular formula is C14H15F2N3O2. The lowest BCUT2D eigenvalue weighted by Gasteiger charge is -2.08. The Kier molecular flexibility index (Phi) is 4.62. The van der Waals surface area contributed by atoms with Gasteiger partial charge in [0.1, 0.15) is 17.5 Å². The Bertz CT molecular complexity index is 635. The number of hydrogen-bond acceptors (Lipinski definition) is 4. The van der Waals surface area contributed by atoms with Gasteiger partial charge in [0, 0.05) is 12.6 Å². The van der Waals surface area contributed by atoms with Gasteiger partial charge in [0.15, 0.2) is 0 Å². The number of carbonyl (C=O) groups excluding carboxylic acids is 1. The second kappa shape index (κ2) is 6.43. The smallest absolute Gasteiger partial charge is 0.376 e. The van der Waals surface area contributed by atoms with E-state index < -0.39 is 17.6 Å². The number of aromatic nitrogens is 3. The third-order valence-corrected chi connectivity index (χ3v) is 2.94. The number of hydrogen-bond donors (Lipinski definition) is 0. The molecule has 2 aromatic rings. The van der Waals surface area contributed by atoms with Crippen molar-refractivity contribution in [1.82, 2.24) is 14.8 Å². The molecule has 0 bridgehead atoms. The summed E-state index contributed by atoms with van der Waals surface area (Å²) < 4.78 is 32.7. The summed E-state index contributed by atoms with van der Waals surface area (Å²) in [6, 6.07) is 3.33. The van der Waals surface area contributed by atoms with Crippen LogP contribution in [0.5, 0.6) is 0 Å². The van der Waals surface area contributed by atoms with Crippen molar-refractivity contribution in [3.63, 3.8) is 0 Å².